The number of nitrogens with zero attached hydrogens (tertiary/aromatic N) is 4. The molecule has 0 radical (unpaired) electrons. The summed E-state index contributed by atoms with van der Waals surface area (Å²) >= 11 is 0. The van der Waals surface area contributed by atoms with Gasteiger partial charge in [0.05, 0.1) is 6.54 Å². The molecule has 1 heterocycles. The van der Waals surface area contributed by atoms with Gasteiger partial charge in [-0.3, -0.25) is 9.79 Å². The van der Waals surface area contributed by atoms with E-state index in [1.165, 1.54) is 25.7 Å². The molecule has 2 atom stereocenters. The fourth-order valence-electron chi connectivity index (χ4n) is 4.20. The molecule has 1 aliphatic carbocycles. The molecule has 0 spiro atoms. The van der Waals surface area contributed by atoms with E-state index in [9.17, 15) is 4.79 Å². The van der Waals surface area contributed by atoms with Crippen molar-refractivity contribution in [2.45, 2.75) is 52.0 Å². The number of rotatable bonds is 4. The Bertz CT molecular complexity index is 470. The largest absolute Gasteiger partial charge is 0.357 e. The van der Waals surface area contributed by atoms with Gasteiger partial charge in [0.2, 0.25) is 5.91 Å². The van der Waals surface area contributed by atoms with E-state index in [2.05, 4.69) is 43.1 Å². The zero-order valence-corrected chi connectivity index (χ0v) is 16.8. The summed E-state index contributed by atoms with van der Waals surface area (Å²) in [5, 5.41) is 3.46. The quantitative estimate of drug-likeness (QED) is 0.618. The average molecular weight is 352 g/mol. The summed E-state index contributed by atoms with van der Waals surface area (Å²) < 4.78 is 0. The van der Waals surface area contributed by atoms with Crippen LogP contribution in [0, 0.1) is 5.92 Å². The molecule has 1 N–H and O–H groups in total. The van der Waals surface area contributed by atoms with Crippen LogP contribution < -0.4 is 5.32 Å². The van der Waals surface area contributed by atoms with E-state index in [0.29, 0.717) is 0 Å². The molecule has 0 aromatic carbocycles. The first-order valence-corrected chi connectivity index (χ1v) is 9.84. The first kappa shape index (κ1) is 20.0. The van der Waals surface area contributed by atoms with Crippen molar-refractivity contribution >= 4 is 11.9 Å². The van der Waals surface area contributed by atoms with Gasteiger partial charge in [-0.25, -0.2) is 0 Å². The van der Waals surface area contributed by atoms with E-state index in [4.69, 9.17) is 4.99 Å². The monoisotopic (exact) mass is 351 g/mol. The molecular weight excluding hydrogens is 314 g/mol. The van der Waals surface area contributed by atoms with E-state index in [-0.39, 0.29) is 11.4 Å². The number of likely N-dealkylation sites (N-methyl/N-ethyl adjacent to an activating group) is 1. The van der Waals surface area contributed by atoms with Crippen molar-refractivity contribution in [3.63, 3.8) is 0 Å². The summed E-state index contributed by atoms with van der Waals surface area (Å²) in [6.45, 7) is 11.1. The van der Waals surface area contributed by atoms with Crippen LogP contribution in [-0.2, 0) is 4.79 Å². The number of aliphatic imine (C=N–C) groups is 1. The molecule has 0 aromatic rings. The molecule has 2 unspecified atom stereocenters. The average Bonchev–Trinajstić information content (AvgIpc) is 2.58. The fraction of sp³-hybridized carbons (Fsp3) is 0.895. The normalized spacial score (nSPS) is 28.4. The van der Waals surface area contributed by atoms with E-state index >= 15 is 0 Å². The Morgan fingerprint density at radius 2 is 1.88 bits per heavy atom. The number of hydrogen-bond acceptors (Lipinski definition) is 3. The molecule has 1 saturated heterocycles. The predicted octanol–water partition coefficient (Wildman–Crippen LogP) is 1.63. The summed E-state index contributed by atoms with van der Waals surface area (Å²) in [5.74, 6) is 1.95. The highest BCUT2D eigenvalue weighted by atomic mass is 16.2. The van der Waals surface area contributed by atoms with Gasteiger partial charge in [0.1, 0.15) is 0 Å². The molecule has 144 valence electrons. The van der Waals surface area contributed by atoms with Crippen LogP contribution in [0.2, 0.25) is 0 Å². The Labute approximate surface area is 153 Å². The lowest BCUT2D eigenvalue weighted by Gasteiger charge is -2.44. The van der Waals surface area contributed by atoms with Crippen molar-refractivity contribution < 1.29 is 4.79 Å². The van der Waals surface area contributed by atoms with Gasteiger partial charge in [-0.15, -0.1) is 0 Å². The van der Waals surface area contributed by atoms with Crippen molar-refractivity contribution in [2.24, 2.45) is 10.9 Å². The van der Waals surface area contributed by atoms with Crippen LogP contribution in [-0.4, -0.2) is 85.5 Å². The number of carbonyl (C=O) groups is 1. The number of carbonyl (C=O) groups excluding carboxylic acids is 1. The maximum atomic E-state index is 11.5. The Balaban J connectivity index is 2.06. The van der Waals surface area contributed by atoms with Crippen LogP contribution in [0.3, 0.4) is 0 Å². The fourth-order valence-corrected chi connectivity index (χ4v) is 4.20. The Hall–Kier alpha value is -1.30. The van der Waals surface area contributed by atoms with Crippen molar-refractivity contribution in [3.05, 3.63) is 0 Å². The molecule has 1 amide bonds. The topological polar surface area (TPSA) is 51.2 Å². The highest BCUT2D eigenvalue weighted by Gasteiger charge is 2.37. The zero-order chi connectivity index (χ0) is 18.4. The lowest BCUT2D eigenvalue weighted by atomic mass is 9.75. The van der Waals surface area contributed by atoms with Crippen LogP contribution in [0.15, 0.2) is 4.99 Å². The van der Waals surface area contributed by atoms with Crippen molar-refractivity contribution in [1.82, 2.24) is 20.0 Å². The molecule has 25 heavy (non-hydrogen) atoms. The lowest BCUT2D eigenvalue weighted by Crippen LogP contribution is -2.54. The molecule has 1 aliphatic heterocycles. The highest BCUT2D eigenvalue weighted by Crippen LogP contribution is 2.35. The summed E-state index contributed by atoms with van der Waals surface area (Å²) in [4.78, 5) is 23.2. The molecule has 2 aliphatic rings. The minimum absolute atomic E-state index is 0.171. The Morgan fingerprint density at radius 3 is 2.40 bits per heavy atom. The van der Waals surface area contributed by atoms with E-state index in [1.807, 2.05) is 4.90 Å². The number of amides is 1. The third kappa shape index (κ3) is 5.09. The van der Waals surface area contributed by atoms with E-state index in [0.717, 1.165) is 51.1 Å². The molecule has 1 saturated carbocycles. The van der Waals surface area contributed by atoms with Crippen LogP contribution in [0.1, 0.15) is 46.5 Å². The molecule has 6 heteroatoms. The second kappa shape index (κ2) is 8.88. The van der Waals surface area contributed by atoms with Crippen molar-refractivity contribution in [2.75, 3.05) is 53.4 Å². The number of nitrogens with one attached hydrogen (secondary N) is 1. The smallest absolute Gasteiger partial charge is 0.219 e. The Morgan fingerprint density at radius 1 is 1.24 bits per heavy atom. The summed E-state index contributed by atoms with van der Waals surface area (Å²) in [7, 11) is 4.40. The van der Waals surface area contributed by atoms with Crippen LogP contribution in [0.5, 0.6) is 0 Å². The van der Waals surface area contributed by atoms with E-state index in [1.54, 1.807) is 6.92 Å². The first-order valence-electron chi connectivity index (χ1n) is 9.84. The molecule has 2 fully saturated rings. The first-order chi connectivity index (χ1) is 11.9. The maximum Gasteiger partial charge on any atom is 0.219 e. The Kier molecular flexibility index (Phi) is 7.11. The predicted molar refractivity (Wildman–Crippen MR) is 104 cm³/mol. The van der Waals surface area contributed by atoms with Crippen molar-refractivity contribution in [3.8, 4) is 0 Å². The third-order valence-electron chi connectivity index (χ3n) is 5.90. The van der Waals surface area contributed by atoms with Gasteiger partial charge in [-0.1, -0.05) is 19.8 Å². The van der Waals surface area contributed by atoms with Gasteiger partial charge in [0.25, 0.3) is 0 Å². The highest BCUT2D eigenvalue weighted by molar-refractivity contribution is 5.80. The van der Waals surface area contributed by atoms with Gasteiger partial charge in [-0.05, 0) is 39.8 Å². The minimum Gasteiger partial charge on any atom is -0.357 e. The zero-order valence-electron chi connectivity index (χ0n) is 16.8. The molecule has 6 nitrogen and oxygen atoms in total. The van der Waals surface area contributed by atoms with Crippen LogP contribution >= 0.6 is 0 Å². The summed E-state index contributed by atoms with van der Waals surface area (Å²) in [5.41, 5.74) is 0.180. The van der Waals surface area contributed by atoms with Gasteiger partial charge >= 0.3 is 0 Å². The van der Waals surface area contributed by atoms with Crippen molar-refractivity contribution in [1.29, 1.82) is 0 Å². The van der Waals surface area contributed by atoms with Gasteiger partial charge in [-0.2, -0.15) is 0 Å². The molecule has 0 aromatic heterocycles. The number of hydrogen-bond donors (Lipinski definition) is 1. The molecule has 2 rings (SSSR count). The maximum absolute atomic E-state index is 11.5. The van der Waals surface area contributed by atoms with Gasteiger partial charge in [0.15, 0.2) is 5.96 Å². The standard InChI is InChI=1S/C19H37N5O/c1-6-20-18(24-12-10-23(11-13-24)17(3)25)21-15-19(22(4)5)9-7-8-16(2)14-19/h16H,6-15H2,1-5H3,(H,20,21). The van der Waals surface area contributed by atoms with Gasteiger partial charge < -0.3 is 20.0 Å². The second-order valence-electron chi connectivity index (χ2n) is 7.98. The summed E-state index contributed by atoms with van der Waals surface area (Å²) in [6.07, 6.45) is 5.08. The summed E-state index contributed by atoms with van der Waals surface area (Å²) in [6, 6.07) is 0. The molecule has 0 bridgehead atoms. The number of guanidine groups is 1. The van der Waals surface area contributed by atoms with Gasteiger partial charge in [0, 0.05) is 45.2 Å². The number of piperazine rings is 1. The second-order valence-corrected chi connectivity index (χ2v) is 7.98. The van der Waals surface area contributed by atoms with Crippen LogP contribution in [0.25, 0.3) is 0 Å². The van der Waals surface area contributed by atoms with E-state index < -0.39 is 0 Å². The SMILES string of the molecule is CCNC(=NCC1(N(C)C)CCCC(C)C1)N1CCN(C(C)=O)CC1. The lowest BCUT2D eigenvalue weighted by molar-refractivity contribution is -0.130. The third-order valence-corrected chi connectivity index (χ3v) is 5.90. The minimum atomic E-state index is 0.171. The van der Waals surface area contributed by atoms with Crippen LogP contribution in [0.4, 0.5) is 0 Å². The molecular formula is C19H37N5O.